The number of piperidine rings is 1. The van der Waals surface area contributed by atoms with Gasteiger partial charge in [0.05, 0.1) is 6.42 Å². The van der Waals surface area contributed by atoms with Gasteiger partial charge in [0.1, 0.15) is 0 Å². The summed E-state index contributed by atoms with van der Waals surface area (Å²) in [5.74, 6) is 0.753. The Morgan fingerprint density at radius 3 is 2.67 bits per heavy atom. The molecular weight excluding hydrogens is 364 g/mol. The van der Waals surface area contributed by atoms with Crippen LogP contribution in [0.1, 0.15) is 25.3 Å². The number of carbonyl (C=O) groups excluding carboxylic acids is 1. The Morgan fingerprint density at radius 1 is 1.21 bits per heavy atom. The highest BCUT2D eigenvalue weighted by Gasteiger charge is 2.16. The predicted molar refractivity (Wildman–Crippen MR) is 104 cm³/mol. The Labute approximate surface area is 152 Å². The van der Waals surface area contributed by atoms with Crippen molar-refractivity contribution in [2.75, 3.05) is 23.3 Å². The van der Waals surface area contributed by atoms with Crippen LogP contribution >= 0.6 is 15.9 Å². The van der Waals surface area contributed by atoms with Crippen LogP contribution in [0.15, 0.2) is 53.0 Å². The minimum absolute atomic E-state index is 0.00115. The number of rotatable bonds is 4. The number of hydrogen-bond acceptors (Lipinski definition) is 2. The van der Waals surface area contributed by atoms with E-state index in [0.717, 1.165) is 34.7 Å². The Balaban J connectivity index is 1.59. The van der Waals surface area contributed by atoms with E-state index in [1.165, 1.54) is 18.5 Å². The van der Waals surface area contributed by atoms with E-state index in [9.17, 15) is 4.79 Å². The van der Waals surface area contributed by atoms with E-state index in [4.69, 9.17) is 0 Å². The molecule has 1 unspecified atom stereocenters. The van der Waals surface area contributed by atoms with Crippen LogP contribution in [0, 0.1) is 5.92 Å². The first kappa shape index (κ1) is 17.0. The van der Waals surface area contributed by atoms with Gasteiger partial charge in [0.2, 0.25) is 5.91 Å². The van der Waals surface area contributed by atoms with Crippen LogP contribution in [0.2, 0.25) is 0 Å². The lowest BCUT2D eigenvalue weighted by atomic mass is 10.00. The van der Waals surface area contributed by atoms with Gasteiger partial charge in [-0.3, -0.25) is 4.79 Å². The zero-order chi connectivity index (χ0) is 16.9. The lowest BCUT2D eigenvalue weighted by molar-refractivity contribution is -0.115. The van der Waals surface area contributed by atoms with Gasteiger partial charge in [0.15, 0.2) is 0 Å². The zero-order valence-electron chi connectivity index (χ0n) is 14.0. The van der Waals surface area contributed by atoms with E-state index in [1.807, 2.05) is 36.4 Å². The number of nitrogens with one attached hydrogen (secondary N) is 1. The smallest absolute Gasteiger partial charge is 0.228 e. The minimum Gasteiger partial charge on any atom is -0.371 e. The Kier molecular flexibility index (Phi) is 5.56. The molecule has 0 spiro atoms. The van der Waals surface area contributed by atoms with Crippen molar-refractivity contribution in [1.82, 2.24) is 0 Å². The van der Waals surface area contributed by atoms with Crippen LogP contribution < -0.4 is 10.2 Å². The topological polar surface area (TPSA) is 32.3 Å². The molecule has 1 atom stereocenters. The molecule has 0 aromatic heterocycles. The molecule has 2 aromatic rings. The molecule has 0 saturated carbocycles. The van der Waals surface area contributed by atoms with Crippen molar-refractivity contribution in [3.63, 3.8) is 0 Å². The Bertz CT molecular complexity index is 699. The van der Waals surface area contributed by atoms with Crippen molar-refractivity contribution in [2.24, 2.45) is 5.92 Å². The van der Waals surface area contributed by atoms with Gasteiger partial charge in [-0.1, -0.05) is 41.1 Å². The average Bonchev–Trinajstić information content (AvgIpc) is 2.58. The van der Waals surface area contributed by atoms with Crippen molar-refractivity contribution in [3.8, 4) is 0 Å². The van der Waals surface area contributed by atoms with E-state index in [2.05, 4.69) is 45.2 Å². The number of nitrogens with zero attached hydrogens (tertiary/aromatic N) is 1. The van der Waals surface area contributed by atoms with Gasteiger partial charge in [-0.15, -0.1) is 0 Å². The Hall–Kier alpha value is -1.81. The van der Waals surface area contributed by atoms with Crippen LogP contribution in [0.5, 0.6) is 0 Å². The third kappa shape index (κ3) is 4.38. The molecule has 3 rings (SSSR count). The van der Waals surface area contributed by atoms with E-state index < -0.39 is 0 Å². The molecule has 1 heterocycles. The molecule has 4 heteroatoms. The highest BCUT2D eigenvalue weighted by molar-refractivity contribution is 9.10. The molecule has 2 aromatic carbocycles. The number of amides is 1. The predicted octanol–water partition coefficient (Wildman–Crippen LogP) is 4.87. The maximum atomic E-state index is 12.2. The van der Waals surface area contributed by atoms with Crippen molar-refractivity contribution >= 4 is 33.2 Å². The van der Waals surface area contributed by atoms with Gasteiger partial charge in [0, 0.05) is 28.9 Å². The summed E-state index contributed by atoms with van der Waals surface area (Å²) in [5.41, 5.74) is 3.08. The number of carbonyl (C=O) groups is 1. The first-order valence-electron chi connectivity index (χ1n) is 8.50. The first-order chi connectivity index (χ1) is 11.6. The molecule has 3 nitrogen and oxygen atoms in total. The quantitative estimate of drug-likeness (QED) is 0.812. The average molecular weight is 387 g/mol. The van der Waals surface area contributed by atoms with Gasteiger partial charge >= 0.3 is 0 Å². The summed E-state index contributed by atoms with van der Waals surface area (Å²) in [4.78, 5) is 14.7. The lowest BCUT2D eigenvalue weighted by Crippen LogP contribution is -2.34. The molecule has 1 aliphatic heterocycles. The summed E-state index contributed by atoms with van der Waals surface area (Å²) in [6.45, 7) is 4.55. The molecule has 24 heavy (non-hydrogen) atoms. The summed E-state index contributed by atoms with van der Waals surface area (Å²) in [6.07, 6.45) is 2.94. The van der Waals surface area contributed by atoms with Crippen molar-refractivity contribution < 1.29 is 4.79 Å². The highest BCUT2D eigenvalue weighted by Crippen LogP contribution is 2.24. The van der Waals surface area contributed by atoms with Crippen LogP contribution in [-0.2, 0) is 11.2 Å². The molecule has 1 fully saturated rings. The number of benzene rings is 2. The molecular formula is C20H23BrN2O. The van der Waals surface area contributed by atoms with Gasteiger partial charge in [-0.05, 0) is 54.7 Å². The van der Waals surface area contributed by atoms with E-state index >= 15 is 0 Å². The SMILES string of the molecule is CC1CCCN(c2ccc(NC(=O)Cc3ccccc3Br)cc2)C1. The number of halogens is 1. The highest BCUT2D eigenvalue weighted by atomic mass is 79.9. The third-order valence-electron chi connectivity index (χ3n) is 4.48. The second-order valence-corrected chi connectivity index (χ2v) is 7.41. The summed E-state index contributed by atoms with van der Waals surface area (Å²) in [7, 11) is 0. The largest absolute Gasteiger partial charge is 0.371 e. The van der Waals surface area contributed by atoms with Gasteiger partial charge in [-0.2, -0.15) is 0 Å². The number of hydrogen-bond donors (Lipinski definition) is 1. The summed E-state index contributed by atoms with van der Waals surface area (Å²) >= 11 is 3.48. The van der Waals surface area contributed by atoms with Gasteiger partial charge in [0.25, 0.3) is 0 Å². The molecule has 1 N–H and O–H groups in total. The van der Waals surface area contributed by atoms with Crippen LogP contribution in [-0.4, -0.2) is 19.0 Å². The van der Waals surface area contributed by atoms with E-state index in [1.54, 1.807) is 0 Å². The van der Waals surface area contributed by atoms with Crippen LogP contribution in [0.25, 0.3) is 0 Å². The summed E-state index contributed by atoms with van der Waals surface area (Å²) in [5, 5.41) is 2.98. The van der Waals surface area contributed by atoms with Crippen LogP contribution in [0.3, 0.4) is 0 Å². The van der Waals surface area contributed by atoms with Crippen LogP contribution in [0.4, 0.5) is 11.4 Å². The summed E-state index contributed by atoms with van der Waals surface area (Å²) < 4.78 is 0.967. The second-order valence-electron chi connectivity index (χ2n) is 6.56. The van der Waals surface area contributed by atoms with Crippen molar-refractivity contribution in [1.29, 1.82) is 0 Å². The van der Waals surface area contributed by atoms with Crippen molar-refractivity contribution in [2.45, 2.75) is 26.2 Å². The normalized spacial score (nSPS) is 17.6. The van der Waals surface area contributed by atoms with Gasteiger partial charge < -0.3 is 10.2 Å². The zero-order valence-corrected chi connectivity index (χ0v) is 15.6. The molecule has 0 radical (unpaired) electrons. The maximum absolute atomic E-state index is 12.2. The first-order valence-corrected chi connectivity index (χ1v) is 9.29. The fraction of sp³-hybridized carbons (Fsp3) is 0.350. The Morgan fingerprint density at radius 2 is 1.96 bits per heavy atom. The summed E-state index contributed by atoms with van der Waals surface area (Å²) in [6, 6.07) is 16.0. The molecule has 1 amide bonds. The third-order valence-corrected chi connectivity index (χ3v) is 5.26. The molecule has 0 bridgehead atoms. The standard InChI is InChI=1S/C20H23BrN2O/c1-15-5-4-12-23(14-15)18-10-8-17(9-11-18)22-20(24)13-16-6-2-3-7-19(16)21/h2-3,6-11,15H,4-5,12-14H2,1H3,(H,22,24). The number of anilines is 2. The maximum Gasteiger partial charge on any atom is 0.228 e. The molecule has 1 aliphatic rings. The fourth-order valence-corrected chi connectivity index (χ4v) is 3.62. The van der Waals surface area contributed by atoms with Crippen molar-refractivity contribution in [3.05, 3.63) is 58.6 Å². The molecule has 1 saturated heterocycles. The van der Waals surface area contributed by atoms with E-state index in [0.29, 0.717) is 6.42 Å². The molecule has 0 aliphatic carbocycles. The molecule has 126 valence electrons. The van der Waals surface area contributed by atoms with E-state index in [-0.39, 0.29) is 5.91 Å². The van der Waals surface area contributed by atoms with Gasteiger partial charge in [-0.25, -0.2) is 0 Å². The second kappa shape index (κ2) is 7.84. The lowest BCUT2D eigenvalue weighted by Gasteiger charge is -2.32. The monoisotopic (exact) mass is 386 g/mol. The minimum atomic E-state index is 0.00115. The fourth-order valence-electron chi connectivity index (χ4n) is 3.20.